The molecular weight excluding hydrogens is 376 g/mol. The Morgan fingerprint density at radius 3 is 2.52 bits per heavy atom. The molecular formula is C14H14BrClN2O2S. The lowest BCUT2D eigenvalue weighted by Crippen LogP contribution is -2.15. The molecule has 4 nitrogen and oxygen atoms in total. The van der Waals surface area contributed by atoms with Gasteiger partial charge in [-0.15, -0.1) is 0 Å². The Hall–Kier alpha value is -1.24. The van der Waals surface area contributed by atoms with E-state index in [-0.39, 0.29) is 4.90 Å². The van der Waals surface area contributed by atoms with Crippen molar-refractivity contribution in [2.45, 2.75) is 11.8 Å². The fraction of sp³-hybridized carbons (Fsp3) is 0.143. The molecule has 0 aliphatic carbocycles. The topological polar surface area (TPSA) is 58.2 Å². The molecule has 0 saturated carbocycles. The normalized spacial score (nSPS) is 11.2. The predicted octanol–water partition coefficient (Wildman–Crippen LogP) is 4.34. The van der Waals surface area contributed by atoms with Gasteiger partial charge in [0.15, 0.2) is 0 Å². The third kappa shape index (κ3) is 3.90. The van der Waals surface area contributed by atoms with Gasteiger partial charge in [-0.1, -0.05) is 23.7 Å². The zero-order chi connectivity index (χ0) is 15.5. The first-order valence-electron chi connectivity index (χ1n) is 6.25. The number of hydrogen-bond donors (Lipinski definition) is 2. The fourth-order valence-electron chi connectivity index (χ4n) is 1.81. The molecule has 0 spiro atoms. The molecule has 0 atom stereocenters. The Kier molecular flexibility index (Phi) is 5.13. The Morgan fingerprint density at radius 1 is 1.14 bits per heavy atom. The molecule has 7 heteroatoms. The molecule has 0 fully saturated rings. The van der Waals surface area contributed by atoms with Crippen molar-refractivity contribution in [2.75, 3.05) is 16.6 Å². The van der Waals surface area contributed by atoms with Gasteiger partial charge in [-0.05, 0) is 53.2 Å². The Balaban J connectivity index is 2.39. The molecule has 0 amide bonds. The van der Waals surface area contributed by atoms with Crippen molar-refractivity contribution in [3.63, 3.8) is 0 Å². The van der Waals surface area contributed by atoms with Crippen LogP contribution in [0.3, 0.4) is 0 Å². The van der Waals surface area contributed by atoms with E-state index in [0.29, 0.717) is 27.4 Å². The van der Waals surface area contributed by atoms with Crippen LogP contribution in [0.5, 0.6) is 0 Å². The Morgan fingerprint density at radius 2 is 1.86 bits per heavy atom. The Labute approximate surface area is 137 Å². The van der Waals surface area contributed by atoms with Gasteiger partial charge < -0.3 is 5.32 Å². The van der Waals surface area contributed by atoms with Crippen molar-refractivity contribution in [1.82, 2.24) is 0 Å². The number of benzene rings is 2. The summed E-state index contributed by atoms with van der Waals surface area (Å²) in [5.74, 6) is 0. The molecule has 0 bridgehead atoms. The Bertz CT molecular complexity index is 750. The summed E-state index contributed by atoms with van der Waals surface area (Å²) in [5.41, 5.74) is 1.00. The van der Waals surface area contributed by atoms with Gasteiger partial charge in [-0.2, -0.15) is 0 Å². The fourth-order valence-corrected chi connectivity index (χ4v) is 3.99. The first-order valence-corrected chi connectivity index (χ1v) is 8.90. The van der Waals surface area contributed by atoms with Gasteiger partial charge in [0.2, 0.25) is 0 Å². The van der Waals surface area contributed by atoms with Gasteiger partial charge in [0, 0.05) is 16.0 Å². The van der Waals surface area contributed by atoms with E-state index in [1.165, 1.54) is 0 Å². The van der Waals surface area contributed by atoms with E-state index >= 15 is 0 Å². The van der Waals surface area contributed by atoms with Crippen LogP contribution in [0.1, 0.15) is 6.92 Å². The van der Waals surface area contributed by atoms with E-state index in [1.54, 1.807) is 42.5 Å². The molecule has 0 unspecified atom stereocenters. The molecule has 0 heterocycles. The van der Waals surface area contributed by atoms with Crippen LogP contribution in [-0.4, -0.2) is 15.0 Å². The summed E-state index contributed by atoms with van der Waals surface area (Å²) < 4.78 is 28.2. The number of rotatable bonds is 5. The highest BCUT2D eigenvalue weighted by Gasteiger charge is 2.19. The van der Waals surface area contributed by atoms with Gasteiger partial charge in [-0.3, -0.25) is 4.72 Å². The van der Waals surface area contributed by atoms with Crippen LogP contribution in [0.4, 0.5) is 11.4 Å². The van der Waals surface area contributed by atoms with E-state index in [1.807, 2.05) is 6.92 Å². The van der Waals surface area contributed by atoms with Crippen LogP contribution >= 0.6 is 27.5 Å². The highest BCUT2D eigenvalue weighted by atomic mass is 79.9. The smallest absolute Gasteiger partial charge is 0.263 e. The minimum absolute atomic E-state index is 0.203. The van der Waals surface area contributed by atoms with Crippen molar-refractivity contribution < 1.29 is 8.42 Å². The molecule has 0 saturated heterocycles. The maximum Gasteiger partial charge on any atom is 0.263 e. The summed E-state index contributed by atoms with van der Waals surface area (Å²) in [4.78, 5) is 0.203. The van der Waals surface area contributed by atoms with Gasteiger partial charge in [-0.25, -0.2) is 8.42 Å². The standard InChI is InChI=1S/C14H14BrClN2O2S/c1-2-17-13-5-3-4-6-14(13)21(19,20)18-12-8-7-10(16)9-11(12)15/h3-9,17-18H,2H2,1H3. The maximum atomic E-state index is 12.5. The summed E-state index contributed by atoms with van der Waals surface area (Å²) in [6, 6.07) is 11.6. The largest absolute Gasteiger partial charge is 0.384 e. The average Bonchev–Trinajstić information content (AvgIpc) is 2.43. The molecule has 0 aliphatic heterocycles. The molecule has 2 aromatic carbocycles. The quantitative estimate of drug-likeness (QED) is 0.800. The van der Waals surface area contributed by atoms with Crippen LogP contribution in [-0.2, 0) is 10.0 Å². The van der Waals surface area contributed by atoms with Crippen molar-refractivity contribution in [3.05, 3.63) is 52.0 Å². The first kappa shape index (κ1) is 16.1. The van der Waals surface area contributed by atoms with Crippen LogP contribution in [0.15, 0.2) is 51.8 Å². The van der Waals surface area contributed by atoms with Gasteiger partial charge in [0.25, 0.3) is 10.0 Å². The highest BCUT2D eigenvalue weighted by molar-refractivity contribution is 9.10. The zero-order valence-corrected chi connectivity index (χ0v) is 14.4. The number of anilines is 2. The second-order valence-corrected chi connectivity index (χ2v) is 7.20. The average molecular weight is 390 g/mol. The lowest BCUT2D eigenvalue weighted by atomic mass is 10.3. The predicted molar refractivity (Wildman–Crippen MR) is 90.6 cm³/mol. The monoisotopic (exact) mass is 388 g/mol. The van der Waals surface area contributed by atoms with Crippen LogP contribution in [0, 0.1) is 0 Å². The maximum absolute atomic E-state index is 12.5. The van der Waals surface area contributed by atoms with Crippen LogP contribution < -0.4 is 10.0 Å². The molecule has 0 aromatic heterocycles. The van der Waals surface area contributed by atoms with Crippen molar-refractivity contribution >= 4 is 48.9 Å². The van der Waals surface area contributed by atoms with E-state index in [2.05, 4.69) is 26.0 Å². The van der Waals surface area contributed by atoms with E-state index in [0.717, 1.165) is 0 Å². The van der Waals surface area contributed by atoms with E-state index < -0.39 is 10.0 Å². The third-order valence-corrected chi connectivity index (χ3v) is 5.03. The van der Waals surface area contributed by atoms with E-state index in [4.69, 9.17) is 11.6 Å². The van der Waals surface area contributed by atoms with E-state index in [9.17, 15) is 8.42 Å². The second-order valence-electron chi connectivity index (χ2n) is 4.26. The lowest BCUT2D eigenvalue weighted by molar-refractivity contribution is 0.601. The van der Waals surface area contributed by atoms with Crippen molar-refractivity contribution in [3.8, 4) is 0 Å². The molecule has 0 aliphatic rings. The summed E-state index contributed by atoms with van der Waals surface area (Å²) in [6.07, 6.45) is 0. The second kappa shape index (κ2) is 6.68. The minimum Gasteiger partial charge on any atom is -0.384 e. The number of hydrogen-bond acceptors (Lipinski definition) is 3. The molecule has 0 radical (unpaired) electrons. The molecule has 2 aromatic rings. The molecule has 21 heavy (non-hydrogen) atoms. The van der Waals surface area contributed by atoms with Crippen LogP contribution in [0.25, 0.3) is 0 Å². The summed E-state index contributed by atoms with van der Waals surface area (Å²) >= 11 is 9.15. The zero-order valence-electron chi connectivity index (χ0n) is 11.2. The summed E-state index contributed by atoms with van der Waals surface area (Å²) in [7, 11) is -3.69. The van der Waals surface area contributed by atoms with Crippen molar-refractivity contribution in [1.29, 1.82) is 0 Å². The van der Waals surface area contributed by atoms with Gasteiger partial charge in [0.05, 0.1) is 11.4 Å². The third-order valence-electron chi connectivity index (χ3n) is 2.72. The van der Waals surface area contributed by atoms with Crippen LogP contribution in [0.2, 0.25) is 5.02 Å². The lowest BCUT2D eigenvalue weighted by Gasteiger charge is -2.14. The number of halogens is 2. The van der Waals surface area contributed by atoms with Gasteiger partial charge >= 0.3 is 0 Å². The minimum atomic E-state index is -3.69. The molecule has 2 rings (SSSR count). The molecule has 112 valence electrons. The number of sulfonamides is 1. The van der Waals surface area contributed by atoms with Gasteiger partial charge in [0.1, 0.15) is 4.90 Å². The number of para-hydroxylation sites is 1. The summed E-state index contributed by atoms with van der Waals surface area (Å²) in [5, 5.41) is 3.57. The number of nitrogens with one attached hydrogen (secondary N) is 2. The van der Waals surface area contributed by atoms with Crippen molar-refractivity contribution in [2.24, 2.45) is 0 Å². The molecule has 2 N–H and O–H groups in total. The summed E-state index contributed by atoms with van der Waals surface area (Å²) in [6.45, 7) is 2.55. The first-order chi connectivity index (χ1) is 9.94. The SMILES string of the molecule is CCNc1ccccc1S(=O)(=O)Nc1ccc(Cl)cc1Br. The highest BCUT2D eigenvalue weighted by Crippen LogP contribution is 2.29.